The third-order valence-corrected chi connectivity index (χ3v) is 6.96. The van der Waals surface area contributed by atoms with Crippen LogP contribution in [0.1, 0.15) is 80.9 Å². The van der Waals surface area contributed by atoms with Crippen molar-refractivity contribution in [2.75, 3.05) is 6.61 Å². The molecule has 1 fully saturated rings. The van der Waals surface area contributed by atoms with Crippen LogP contribution in [0.5, 0.6) is 0 Å². The van der Waals surface area contributed by atoms with Crippen molar-refractivity contribution in [3.05, 3.63) is 71.6 Å². The summed E-state index contributed by atoms with van der Waals surface area (Å²) in [6.07, 6.45) is 11.6. The van der Waals surface area contributed by atoms with Gasteiger partial charge in [0.2, 0.25) is 0 Å². The SMILES string of the molecule is C=CC(=O)OCc1cc(-c2ccc(C3CCC(CCCCC)CC3)cc2F)ccc1CCO. The van der Waals surface area contributed by atoms with E-state index < -0.39 is 5.97 Å². The quantitative estimate of drug-likeness (QED) is 0.224. The zero-order valence-corrected chi connectivity index (χ0v) is 19.8. The van der Waals surface area contributed by atoms with Gasteiger partial charge in [-0.2, -0.15) is 0 Å². The highest BCUT2D eigenvalue weighted by molar-refractivity contribution is 5.81. The first-order valence-corrected chi connectivity index (χ1v) is 12.4. The maximum Gasteiger partial charge on any atom is 0.330 e. The van der Waals surface area contributed by atoms with Gasteiger partial charge >= 0.3 is 5.97 Å². The number of halogens is 1. The Bertz CT molecular complexity index is 928. The van der Waals surface area contributed by atoms with Gasteiger partial charge in [-0.05, 0) is 78.3 Å². The molecular formula is C29H37FO3. The zero-order valence-electron chi connectivity index (χ0n) is 19.8. The second-order valence-electron chi connectivity index (χ2n) is 9.22. The molecule has 0 spiro atoms. The molecule has 0 atom stereocenters. The van der Waals surface area contributed by atoms with Crippen molar-refractivity contribution in [3.63, 3.8) is 0 Å². The number of aliphatic hydroxyl groups excluding tert-OH is 1. The van der Waals surface area contributed by atoms with E-state index in [-0.39, 0.29) is 19.0 Å². The molecule has 1 saturated carbocycles. The molecule has 0 unspecified atom stereocenters. The average molecular weight is 453 g/mol. The van der Waals surface area contributed by atoms with Gasteiger partial charge in [0.15, 0.2) is 0 Å². The Balaban J connectivity index is 1.71. The van der Waals surface area contributed by atoms with E-state index in [0.717, 1.165) is 47.1 Å². The third kappa shape index (κ3) is 7.01. The molecule has 2 aromatic rings. The molecule has 1 aliphatic rings. The topological polar surface area (TPSA) is 46.5 Å². The van der Waals surface area contributed by atoms with E-state index in [4.69, 9.17) is 4.74 Å². The summed E-state index contributed by atoms with van der Waals surface area (Å²) >= 11 is 0. The minimum absolute atomic E-state index is 0.00827. The Morgan fingerprint density at radius 1 is 1.12 bits per heavy atom. The zero-order chi connectivity index (χ0) is 23.6. The highest BCUT2D eigenvalue weighted by atomic mass is 19.1. The van der Waals surface area contributed by atoms with Crippen LogP contribution in [0, 0.1) is 11.7 Å². The standard InChI is InChI=1S/C29H37FO3/c1-3-5-6-7-21-8-10-22(11-9-21)24-14-15-27(28(30)19-24)25-13-12-23(16-17-31)26(18-25)20-33-29(32)4-2/h4,12-15,18-19,21-22,31H,2-3,5-11,16-17,20H2,1H3. The van der Waals surface area contributed by atoms with Crippen molar-refractivity contribution < 1.29 is 19.0 Å². The van der Waals surface area contributed by atoms with Crippen LogP contribution in [-0.4, -0.2) is 17.7 Å². The molecule has 0 aliphatic heterocycles. The molecule has 3 rings (SSSR count). The largest absolute Gasteiger partial charge is 0.458 e. The Labute approximate surface area is 197 Å². The Hall–Kier alpha value is -2.46. The van der Waals surface area contributed by atoms with Crippen molar-refractivity contribution in [3.8, 4) is 11.1 Å². The smallest absolute Gasteiger partial charge is 0.330 e. The average Bonchev–Trinajstić information content (AvgIpc) is 2.84. The number of aliphatic hydroxyl groups is 1. The lowest BCUT2D eigenvalue weighted by Gasteiger charge is -2.29. The second-order valence-corrected chi connectivity index (χ2v) is 9.22. The number of unbranched alkanes of at least 4 members (excludes halogenated alkanes) is 2. The molecule has 0 aromatic heterocycles. The molecular weight excluding hydrogens is 415 g/mol. The maximum atomic E-state index is 15.2. The van der Waals surface area contributed by atoms with Gasteiger partial charge in [-0.3, -0.25) is 0 Å². The first-order chi connectivity index (χ1) is 16.0. The van der Waals surface area contributed by atoms with Crippen LogP contribution in [0.2, 0.25) is 0 Å². The summed E-state index contributed by atoms with van der Waals surface area (Å²) in [5, 5.41) is 9.34. The number of rotatable bonds is 11. The fourth-order valence-electron chi connectivity index (χ4n) is 4.99. The van der Waals surface area contributed by atoms with Crippen molar-refractivity contribution in [2.24, 2.45) is 5.92 Å². The van der Waals surface area contributed by atoms with E-state index in [1.165, 1.54) is 38.5 Å². The Morgan fingerprint density at radius 2 is 1.91 bits per heavy atom. The fraction of sp³-hybridized carbons (Fsp3) is 0.483. The first kappa shape index (κ1) is 25.2. The normalized spacial score (nSPS) is 18.2. The van der Waals surface area contributed by atoms with Crippen LogP contribution in [0.3, 0.4) is 0 Å². The molecule has 0 heterocycles. The van der Waals surface area contributed by atoms with Crippen LogP contribution in [0.15, 0.2) is 49.1 Å². The van der Waals surface area contributed by atoms with Crippen LogP contribution >= 0.6 is 0 Å². The van der Waals surface area contributed by atoms with Gasteiger partial charge in [0, 0.05) is 18.2 Å². The minimum Gasteiger partial charge on any atom is -0.458 e. The van der Waals surface area contributed by atoms with Gasteiger partial charge in [-0.1, -0.05) is 63.5 Å². The molecule has 0 amide bonds. The van der Waals surface area contributed by atoms with Gasteiger partial charge in [-0.25, -0.2) is 9.18 Å². The predicted molar refractivity (Wildman–Crippen MR) is 131 cm³/mol. The van der Waals surface area contributed by atoms with E-state index >= 15 is 4.39 Å². The van der Waals surface area contributed by atoms with Crippen molar-refractivity contribution in [1.29, 1.82) is 0 Å². The molecule has 178 valence electrons. The van der Waals surface area contributed by atoms with Crippen molar-refractivity contribution >= 4 is 5.97 Å². The molecule has 0 bridgehead atoms. The molecule has 4 heteroatoms. The summed E-state index contributed by atoms with van der Waals surface area (Å²) in [6, 6.07) is 11.2. The summed E-state index contributed by atoms with van der Waals surface area (Å²) in [4.78, 5) is 11.5. The van der Waals surface area contributed by atoms with Gasteiger partial charge in [0.1, 0.15) is 12.4 Å². The van der Waals surface area contributed by atoms with E-state index in [9.17, 15) is 9.90 Å². The van der Waals surface area contributed by atoms with Crippen molar-refractivity contribution in [2.45, 2.75) is 77.2 Å². The molecule has 1 aliphatic carbocycles. The summed E-state index contributed by atoms with van der Waals surface area (Å²) in [5.41, 5.74) is 4.02. The van der Waals surface area contributed by atoms with Crippen LogP contribution < -0.4 is 0 Å². The maximum absolute atomic E-state index is 15.2. The molecule has 33 heavy (non-hydrogen) atoms. The predicted octanol–water partition coefficient (Wildman–Crippen LogP) is 7.11. The lowest BCUT2D eigenvalue weighted by atomic mass is 9.77. The monoisotopic (exact) mass is 452 g/mol. The highest BCUT2D eigenvalue weighted by Gasteiger charge is 2.23. The molecule has 2 aromatic carbocycles. The van der Waals surface area contributed by atoms with Gasteiger partial charge in [0.25, 0.3) is 0 Å². The van der Waals surface area contributed by atoms with Crippen LogP contribution in [0.4, 0.5) is 4.39 Å². The number of carbonyl (C=O) groups excluding carboxylic acids is 1. The van der Waals surface area contributed by atoms with Crippen molar-refractivity contribution in [1.82, 2.24) is 0 Å². The molecule has 1 N–H and O–H groups in total. The number of hydrogen-bond donors (Lipinski definition) is 1. The summed E-state index contributed by atoms with van der Waals surface area (Å²) < 4.78 is 20.4. The Kier molecular flexibility index (Phi) is 9.68. The number of benzene rings is 2. The summed E-state index contributed by atoms with van der Waals surface area (Å²) in [6.45, 7) is 5.72. The van der Waals surface area contributed by atoms with Crippen LogP contribution in [0.25, 0.3) is 11.1 Å². The lowest BCUT2D eigenvalue weighted by molar-refractivity contribution is -0.138. The van der Waals surface area contributed by atoms with Crippen LogP contribution in [-0.2, 0) is 22.6 Å². The molecule has 3 nitrogen and oxygen atoms in total. The second kappa shape index (κ2) is 12.7. The van der Waals surface area contributed by atoms with E-state index in [1.807, 2.05) is 24.3 Å². The van der Waals surface area contributed by atoms with E-state index in [1.54, 1.807) is 6.07 Å². The van der Waals surface area contributed by atoms with Gasteiger partial charge in [0.05, 0.1) is 0 Å². The summed E-state index contributed by atoms with van der Waals surface area (Å²) in [5.74, 6) is 0.548. The fourth-order valence-corrected chi connectivity index (χ4v) is 4.99. The molecule has 0 radical (unpaired) electrons. The Morgan fingerprint density at radius 3 is 2.58 bits per heavy atom. The number of ether oxygens (including phenoxy) is 1. The van der Waals surface area contributed by atoms with E-state index in [2.05, 4.69) is 19.6 Å². The number of hydrogen-bond acceptors (Lipinski definition) is 3. The van der Waals surface area contributed by atoms with Gasteiger partial charge in [-0.15, -0.1) is 0 Å². The van der Waals surface area contributed by atoms with E-state index in [0.29, 0.717) is 17.9 Å². The number of esters is 1. The minimum atomic E-state index is -0.508. The van der Waals surface area contributed by atoms with Gasteiger partial charge < -0.3 is 9.84 Å². The molecule has 0 saturated heterocycles. The first-order valence-electron chi connectivity index (χ1n) is 12.4. The third-order valence-electron chi connectivity index (χ3n) is 6.96. The lowest BCUT2D eigenvalue weighted by Crippen LogP contribution is -2.13. The summed E-state index contributed by atoms with van der Waals surface area (Å²) in [7, 11) is 0. The number of carbonyl (C=O) groups is 1. The highest BCUT2D eigenvalue weighted by Crippen LogP contribution is 2.39.